The SMILES string of the molecule is CCOC(=O)C1=C(N)N(c2nc(-c3ccc(Cl)cc3)cs2)C2=C(C(=O)CCC2)C1c1cc2cc(OC)ccc2nc1F. The van der Waals surface area contributed by atoms with Crippen molar-refractivity contribution in [1.82, 2.24) is 9.97 Å². The van der Waals surface area contributed by atoms with E-state index in [1.807, 2.05) is 17.5 Å². The Hall–Kier alpha value is -4.28. The standard InChI is InChI=1S/C31H26ClFN4O4S/c1-3-41-30(39)27-25(20-14-17-13-19(40-2)11-12-21(17)35-28(20)33)26-23(5-4-6-24(26)38)37(29(27)34)31-36-22(15-42-31)16-7-9-18(32)10-8-16/h7-15,25H,3-6,34H2,1-2H3. The fourth-order valence-corrected chi connectivity index (χ4v) is 6.52. The molecule has 0 bridgehead atoms. The van der Waals surface area contributed by atoms with E-state index in [0.29, 0.717) is 56.6 Å². The number of carbonyl (C=O) groups is 2. The van der Waals surface area contributed by atoms with E-state index in [9.17, 15) is 9.59 Å². The number of fused-ring (bicyclic) bond motifs is 1. The Morgan fingerprint density at radius 2 is 1.95 bits per heavy atom. The molecule has 42 heavy (non-hydrogen) atoms. The van der Waals surface area contributed by atoms with E-state index in [-0.39, 0.29) is 35.8 Å². The van der Waals surface area contributed by atoms with E-state index in [0.717, 1.165) is 5.56 Å². The minimum Gasteiger partial charge on any atom is -0.497 e. The fourth-order valence-electron chi connectivity index (χ4n) is 5.52. The lowest BCUT2D eigenvalue weighted by Gasteiger charge is -2.39. The molecule has 0 saturated heterocycles. The van der Waals surface area contributed by atoms with Crippen LogP contribution < -0.4 is 15.4 Å². The molecule has 0 spiro atoms. The maximum absolute atomic E-state index is 15.8. The molecule has 1 aliphatic heterocycles. The zero-order chi connectivity index (χ0) is 29.5. The average molecular weight is 605 g/mol. The molecule has 1 atom stereocenters. The quantitative estimate of drug-likeness (QED) is 0.196. The Morgan fingerprint density at radius 3 is 2.69 bits per heavy atom. The number of anilines is 1. The third-order valence-electron chi connectivity index (χ3n) is 7.43. The second-order valence-electron chi connectivity index (χ2n) is 9.87. The Labute approximate surface area is 250 Å². The van der Waals surface area contributed by atoms with Crippen molar-refractivity contribution in [3.05, 3.63) is 93.1 Å². The number of nitrogens with two attached hydrogens (primary N) is 1. The Kier molecular flexibility index (Phi) is 7.42. The highest BCUT2D eigenvalue weighted by Gasteiger charge is 2.45. The number of allylic oxidation sites excluding steroid dienone is 2. The summed E-state index contributed by atoms with van der Waals surface area (Å²) in [5.41, 5.74) is 9.64. The van der Waals surface area contributed by atoms with Crippen LogP contribution in [0.5, 0.6) is 5.75 Å². The van der Waals surface area contributed by atoms with Gasteiger partial charge >= 0.3 is 5.97 Å². The first-order chi connectivity index (χ1) is 20.3. The number of nitrogens with zero attached hydrogens (tertiary/aromatic N) is 3. The van der Waals surface area contributed by atoms with Gasteiger partial charge in [-0.05, 0) is 56.2 Å². The molecule has 0 saturated carbocycles. The summed E-state index contributed by atoms with van der Waals surface area (Å²) in [5.74, 6) is -2.25. The van der Waals surface area contributed by atoms with Gasteiger partial charge in [-0.3, -0.25) is 9.69 Å². The molecule has 1 aliphatic carbocycles. The lowest BCUT2D eigenvalue weighted by Crippen LogP contribution is -2.41. The molecule has 6 rings (SSSR count). The van der Waals surface area contributed by atoms with Crippen molar-refractivity contribution < 1.29 is 23.5 Å². The zero-order valence-electron chi connectivity index (χ0n) is 22.8. The number of methoxy groups -OCH3 is 1. The van der Waals surface area contributed by atoms with E-state index < -0.39 is 17.8 Å². The molecule has 2 aromatic carbocycles. The van der Waals surface area contributed by atoms with Crippen LogP contribution in [0.4, 0.5) is 9.52 Å². The molecular weight excluding hydrogens is 579 g/mol. The van der Waals surface area contributed by atoms with Crippen LogP contribution in [0, 0.1) is 5.95 Å². The summed E-state index contributed by atoms with van der Waals surface area (Å²) in [6.45, 7) is 1.74. The number of ether oxygens (including phenoxy) is 2. The first kappa shape index (κ1) is 27.9. The molecule has 2 N–H and O–H groups in total. The molecule has 214 valence electrons. The van der Waals surface area contributed by atoms with Crippen LogP contribution in [0.3, 0.4) is 0 Å². The number of thiazole rings is 1. The molecule has 3 heterocycles. The third-order valence-corrected chi connectivity index (χ3v) is 8.50. The van der Waals surface area contributed by atoms with Crippen LogP contribution in [0.1, 0.15) is 37.7 Å². The summed E-state index contributed by atoms with van der Waals surface area (Å²) in [5, 5.41) is 3.54. The van der Waals surface area contributed by atoms with Gasteiger partial charge in [-0.25, -0.2) is 14.8 Å². The second-order valence-corrected chi connectivity index (χ2v) is 11.1. The molecule has 0 fully saturated rings. The van der Waals surface area contributed by atoms with Gasteiger partial charge in [-0.1, -0.05) is 23.7 Å². The maximum Gasteiger partial charge on any atom is 0.338 e. The number of hydrogen-bond acceptors (Lipinski definition) is 9. The molecule has 1 unspecified atom stereocenters. The van der Waals surface area contributed by atoms with Crippen molar-refractivity contribution in [2.75, 3.05) is 18.6 Å². The number of hydrogen-bond donors (Lipinski definition) is 1. The van der Waals surface area contributed by atoms with Gasteiger partial charge in [0.05, 0.1) is 36.4 Å². The summed E-state index contributed by atoms with van der Waals surface area (Å²) in [6, 6.07) is 13.9. The number of Topliss-reactive ketones (excluding diaryl/α,β-unsaturated/α-hetero) is 1. The summed E-state index contributed by atoms with van der Waals surface area (Å²) in [4.78, 5) is 37.9. The van der Waals surface area contributed by atoms with Crippen LogP contribution in [0.2, 0.25) is 5.02 Å². The number of aromatic nitrogens is 2. The summed E-state index contributed by atoms with van der Waals surface area (Å²) in [7, 11) is 1.53. The highest BCUT2D eigenvalue weighted by atomic mass is 35.5. The summed E-state index contributed by atoms with van der Waals surface area (Å²) < 4.78 is 26.6. The minimum absolute atomic E-state index is 0.0305. The number of ketones is 1. The number of pyridine rings is 1. The maximum atomic E-state index is 15.8. The lowest BCUT2D eigenvalue weighted by molar-refractivity contribution is -0.138. The molecule has 2 aliphatic rings. The number of carbonyl (C=O) groups excluding carboxylic acids is 2. The molecule has 0 radical (unpaired) electrons. The first-order valence-electron chi connectivity index (χ1n) is 13.4. The van der Waals surface area contributed by atoms with E-state index in [2.05, 4.69) is 4.98 Å². The lowest BCUT2D eigenvalue weighted by atomic mass is 9.75. The number of benzene rings is 2. The monoisotopic (exact) mass is 604 g/mol. The Bertz CT molecular complexity index is 1800. The smallest absolute Gasteiger partial charge is 0.338 e. The highest BCUT2D eigenvalue weighted by Crippen LogP contribution is 2.48. The van der Waals surface area contributed by atoms with Gasteiger partial charge in [0.15, 0.2) is 10.9 Å². The molecule has 4 aromatic rings. The van der Waals surface area contributed by atoms with Crippen LogP contribution in [0.15, 0.2) is 76.6 Å². The van der Waals surface area contributed by atoms with Crippen molar-refractivity contribution in [2.24, 2.45) is 5.73 Å². The summed E-state index contributed by atoms with van der Waals surface area (Å²) >= 11 is 7.38. The van der Waals surface area contributed by atoms with Crippen molar-refractivity contribution in [1.29, 1.82) is 0 Å². The Morgan fingerprint density at radius 1 is 1.17 bits per heavy atom. The van der Waals surface area contributed by atoms with Crippen molar-refractivity contribution in [3.8, 4) is 17.0 Å². The molecule has 2 aromatic heterocycles. The van der Waals surface area contributed by atoms with Crippen molar-refractivity contribution in [2.45, 2.75) is 32.1 Å². The third kappa shape index (κ3) is 4.80. The van der Waals surface area contributed by atoms with Gasteiger partial charge in [-0.2, -0.15) is 4.39 Å². The van der Waals surface area contributed by atoms with E-state index >= 15 is 4.39 Å². The van der Waals surface area contributed by atoms with Gasteiger partial charge in [0.1, 0.15) is 11.6 Å². The number of esters is 1. The van der Waals surface area contributed by atoms with Gasteiger partial charge in [-0.15, -0.1) is 11.3 Å². The molecule has 0 amide bonds. The normalized spacial score (nSPS) is 17.1. The largest absolute Gasteiger partial charge is 0.497 e. The van der Waals surface area contributed by atoms with Crippen molar-refractivity contribution >= 4 is 50.7 Å². The van der Waals surface area contributed by atoms with E-state index in [4.69, 9.17) is 31.8 Å². The highest BCUT2D eigenvalue weighted by molar-refractivity contribution is 7.14. The van der Waals surface area contributed by atoms with Crippen LogP contribution in [-0.2, 0) is 14.3 Å². The van der Waals surface area contributed by atoms with Crippen LogP contribution in [0.25, 0.3) is 22.2 Å². The predicted octanol–water partition coefficient (Wildman–Crippen LogP) is 6.50. The van der Waals surface area contributed by atoms with Gasteiger partial charge < -0.3 is 15.2 Å². The zero-order valence-corrected chi connectivity index (χ0v) is 24.4. The number of halogens is 2. The predicted molar refractivity (Wildman–Crippen MR) is 160 cm³/mol. The molecular formula is C31H26ClFN4O4S. The van der Waals surface area contributed by atoms with Gasteiger partial charge in [0.2, 0.25) is 5.95 Å². The topological polar surface area (TPSA) is 108 Å². The Balaban J connectivity index is 1.56. The van der Waals surface area contributed by atoms with Gasteiger partial charge in [0, 0.05) is 44.6 Å². The van der Waals surface area contributed by atoms with E-state index in [1.54, 1.807) is 48.2 Å². The second kappa shape index (κ2) is 11.2. The average Bonchev–Trinajstić information content (AvgIpc) is 3.46. The van der Waals surface area contributed by atoms with Crippen LogP contribution in [-0.4, -0.2) is 35.4 Å². The first-order valence-corrected chi connectivity index (χ1v) is 14.6. The van der Waals surface area contributed by atoms with Gasteiger partial charge in [0.25, 0.3) is 0 Å². The van der Waals surface area contributed by atoms with Crippen molar-refractivity contribution in [3.63, 3.8) is 0 Å². The fraction of sp³-hybridized carbons (Fsp3) is 0.226. The van der Waals surface area contributed by atoms with Crippen LogP contribution >= 0.6 is 22.9 Å². The van der Waals surface area contributed by atoms with E-state index in [1.165, 1.54) is 18.4 Å². The molecule has 8 nitrogen and oxygen atoms in total. The molecule has 11 heteroatoms. The minimum atomic E-state index is -1.11. The summed E-state index contributed by atoms with van der Waals surface area (Å²) in [6.07, 6.45) is 1.32. The number of rotatable bonds is 6.